The summed E-state index contributed by atoms with van der Waals surface area (Å²) in [5.74, 6) is -0.399. The molecule has 0 spiro atoms. The van der Waals surface area contributed by atoms with Crippen molar-refractivity contribution in [1.82, 2.24) is 14.4 Å². The summed E-state index contributed by atoms with van der Waals surface area (Å²) in [6.45, 7) is 4.72. The number of rotatable bonds is 9. The molecular formula is C56H43Br2N4O7+. The molecule has 7 aromatic carbocycles. The first-order chi connectivity index (χ1) is 33.6. The van der Waals surface area contributed by atoms with Gasteiger partial charge in [0.2, 0.25) is 5.36 Å². The van der Waals surface area contributed by atoms with E-state index < -0.39 is 5.97 Å². The first-order valence-electron chi connectivity index (χ1n) is 23.4. The molecule has 5 aliphatic rings. The van der Waals surface area contributed by atoms with Gasteiger partial charge in [0.1, 0.15) is 18.0 Å². The number of esters is 1. The number of benzene rings is 7. The van der Waals surface area contributed by atoms with E-state index in [4.69, 9.17) is 9.47 Å². The third kappa shape index (κ3) is 6.94. The Balaban J connectivity index is 0.921. The standard InChI is InChI=1S/C56H43Br2N4O7/c1-2-68-56(67)34-12-4-3-11-33(34)49-41-27-31-9-7-21-59(23-25-61-52(63)37-15-5-13-35-43(57)19-17-39(50(35)37)54(61)65)45(31)29-47(41)69-48-30-46-32(28-42(48)49)10-8-22-60(46)24-26-62-53(64)38-16-6-14-36-44(58)20-18-40(51(36)38)55(62)66/h3-6,11-20,27-30H,2,7-10,21-26H2,1H3/q+1. The molecule has 0 bridgehead atoms. The van der Waals surface area contributed by atoms with Gasteiger partial charge in [0, 0.05) is 102 Å². The lowest BCUT2D eigenvalue weighted by molar-refractivity contribution is 0.0523. The van der Waals surface area contributed by atoms with Crippen LogP contribution < -0.4 is 24.8 Å². The van der Waals surface area contributed by atoms with Crippen LogP contribution in [0.15, 0.2) is 118 Å². The first kappa shape index (κ1) is 43.3. The maximum atomic E-state index is 14.0. The summed E-state index contributed by atoms with van der Waals surface area (Å²) < 4.78 is 16.5. The zero-order valence-corrected chi connectivity index (χ0v) is 40.7. The van der Waals surface area contributed by atoms with Crippen LogP contribution in [0.1, 0.15) is 93.8 Å². The molecule has 342 valence electrons. The van der Waals surface area contributed by atoms with Crippen molar-refractivity contribution in [2.45, 2.75) is 32.6 Å². The van der Waals surface area contributed by atoms with Crippen molar-refractivity contribution >= 4 is 94.3 Å². The molecule has 5 heterocycles. The van der Waals surface area contributed by atoms with Crippen LogP contribution in [0.5, 0.6) is 11.5 Å². The van der Waals surface area contributed by atoms with Gasteiger partial charge in [-0.1, -0.05) is 74.3 Å². The molecule has 13 heteroatoms. The van der Waals surface area contributed by atoms with Crippen LogP contribution in [0.25, 0.3) is 27.1 Å². The minimum Gasteiger partial charge on any atom is -0.462 e. The maximum absolute atomic E-state index is 14.0. The molecule has 5 aliphatic heterocycles. The molecule has 0 atom stereocenters. The Morgan fingerprint density at radius 2 is 1.26 bits per heavy atom. The van der Waals surface area contributed by atoms with Crippen LogP contribution >= 0.6 is 31.9 Å². The molecule has 0 saturated carbocycles. The molecule has 0 aromatic heterocycles. The third-order valence-electron chi connectivity index (χ3n) is 14.3. The van der Waals surface area contributed by atoms with E-state index >= 15 is 0 Å². The number of hydrogen-bond donors (Lipinski definition) is 0. The normalized spacial score (nSPS) is 15.8. The van der Waals surface area contributed by atoms with E-state index in [0.717, 1.165) is 103 Å². The fourth-order valence-corrected chi connectivity index (χ4v) is 12.0. The Morgan fingerprint density at radius 1 is 0.638 bits per heavy atom. The van der Waals surface area contributed by atoms with E-state index in [0.29, 0.717) is 63.2 Å². The van der Waals surface area contributed by atoms with Crippen LogP contribution in [0.4, 0.5) is 5.69 Å². The lowest BCUT2D eigenvalue weighted by atomic mass is 9.86. The summed E-state index contributed by atoms with van der Waals surface area (Å²) in [5.41, 5.74) is 8.13. The largest absolute Gasteiger partial charge is 0.462 e. The molecule has 0 saturated heterocycles. The van der Waals surface area contributed by atoms with Crippen LogP contribution in [0.2, 0.25) is 0 Å². The summed E-state index contributed by atoms with van der Waals surface area (Å²) in [6, 6.07) is 34.4. The minimum absolute atomic E-state index is 0.199. The Labute approximate surface area is 413 Å². The van der Waals surface area contributed by atoms with Gasteiger partial charge < -0.3 is 14.4 Å². The second kappa shape index (κ2) is 16.9. The van der Waals surface area contributed by atoms with E-state index in [2.05, 4.69) is 65.6 Å². The predicted molar refractivity (Wildman–Crippen MR) is 270 cm³/mol. The number of ether oxygens (including phenoxy) is 2. The van der Waals surface area contributed by atoms with Gasteiger partial charge in [-0.05, 0) is 103 Å². The molecule has 69 heavy (non-hydrogen) atoms. The fraction of sp³-hybridized carbons (Fsp3) is 0.214. The number of halogens is 2. The third-order valence-corrected chi connectivity index (χ3v) is 15.7. The summed E-state index contributed by atoms with van der Waals surface area (Å²) in [4.78, 5) is 74.6. The van der Waals surface area contributed by atoms with Crippen molar-refractivity contribution in [3.8, 4) is 11.5 Å². The Hall–Kier alpha value is -6.96. The van der Waals surface area contributed by atoms with Gasteiger partial charge in [-0.3, -0.25) is 29.0 Å². The van der Waals surface area contributed by atoms with Gasteiger partial charge in [-0.2, -0.15) is 0 Å². The Bertz CT molecular complexity index is 3580. The predicted octanol–water partition coefficient (Wildman–Crippen LogP) is 8.83. The summed E-state index contributed by atoms with van der Waals surface area (Å²) in [5, 5.41) is 4.84. The van der Waals surface area contributed by atoms with Crippen molar-refractivity contribution in [1.29, 1.82) is 0 Å². The Morgan fingerprint density at radius 3 is 1.94 bits per heavy atom. The van der Waals surface area contributed by atoms with E-state index in [1.807, 2.05) is 54.6 Å². The van der Waals surface area contributed by atoms with Gasteiger partial charge >= 0.3 is 5.97 Å². The molecule has 0 fully saturated rings. The van der Waals surface area contributed by atoms with Crippen molar-refractivity contribution in [3.63, 3.8) is 0 Å². The molecule has 0 radical (unpaired) electrons. The van der Waals surface area contributed by atoms with Gasteiger partial charge in [-0.25, -0.2) is 9.37 Å². The van der Waals surface area contributed by atoms with Crippen LogP contribution in [-0.2, 0) is 17.6 Å². The number of fused-ring (bicyclic) bond motifs is 4. The smallest absolute Gasteiger partial charge is 0.338 e. The molecule has 7 aromatic rings. The highest BCUT2D eigenvalue weighted by Crippen LogP contribution is 2.43. The fourth-order valence-electron chi connectivity index (χ4n) is 11.1. The van der Waals surface area contributed by atoms with Crippen molar-refractivity contribution < 1.29 is 33.4 Å². The van der Waals surface area contributed by atoms with Crippen molar-refractivity contribution in [2.75, 3.05) is 50.8 Å². The molecule has 0 N–H and O–H groups in total. The number of amides is 4. The number of anilines is 1. The van der Waals surface area contributed by atoms with Gasteiger partial charge in [-0.15, -0.1) is 0 Å². The highest BCUT2D eigenvalue weighted by molar-refractivity contribution is 9.11. The van der Waals surface area contributed by atoms with Crippen molar-refractivity contribution in [2.24, 2.45) is 0 Å². The first-order valence-corrected chi connectivity index (χ1v) is 25.0. The number of carbonyl (C=O) groups is 5. The topological polar surface area (TPSA) is 117 Å². The lowest BCUT2D eigenvalue weighted by Gasteiger charge is -2.35. The Kier molecular flexibility index (Phi) is 10.6. The number of hydrogen-bond acceptors (Lipinski definition) is 8. The number of aryl methyl sites for hydroxylation is 2. The number of carbonyl (C=O) groups excluding carboxylic acids is 5. The van der Waals surface area contributed by atoms with E-state index in [1.165, 1.54) is 9.80 Å². The second-order valence-corrected chi connectivity index (χ2v) is 19.8. The summed E-state index contributed by atoms with van der Waals surface area (Å²) in [6.07, 6.45) is 3.36. The summed E-state index contributed by atoms with van der Waals surface area (Å²) in [7, 11) is 0. The van der Waals surface area contributed by atoms with Crippen LogP contribution in [0.3, 0.4) is 0 Å². The lowest BCUT2D eigenvalue weighted by Crippen LogP contribution is -2.47. The van der Waals surface area contributed by atoms with Gasteiger partial charge in [0.05, 0.1) is 24.8 Å². The highest BCUT2D eigenvalue weighted by atomic mass is 79.9. The average molecular weight is 1040 g/mol. The molecule has 0 unspecified atom stereocenters. The SMILES string of the molecule is CCOC(=O)c1ccccc1C1=c2cc3c(cc2Oc2cc4c(cc21)CCCN4CCN1C(=O)c2cccc4c(Br)ccc(c24)C1=O)=[N+](CCN1C(=O)c2cccc4c(Br)ccc(c24)C1=O)CCC3. The number of imide groups is 2. The van der Waals surface area contributed by atoms with E-state index in [1.54, 1.807) is 37.3 Å². The summed E-state index contributed by atoms with van der Waals surface area (Å²) >= 11 is 7.18. The highest BCUT2D eigenvalue weighted by Gasteiger charge is 2.37. The van der Waals surface area contributed by atoms with E-state index in [-0.39, 0.29) is 43.3 Å². The van der Waals surface area contributed by atoms with Crippen molar-refractivity contribution in [3.05, 3.63) is 179 Å². The average Bonchev–Trinajstić information content (AvgIpc) is 3.36. The number of nitrogens with zero attached hydrogens (tertiary/aromatic N) is 4. The van der Waals surface area contributed by atoms with Gasteiger partial charge in [0.15, 0.2) is 6.54 Å². The monoisotopic (exact) mass is 1040 g/mol. The molecule has 12 rings (SSSR count). The minimum atomic E-state index is -0.412. The zero-order chi connectivity index (χ0) is 47.2. The maximum Gasteiger partial charge on any atom is 0.338 e. The van der Waals surface area contributed by atoms with Crippen LogP contribution in [-0.4, -0.2) is 85.3 Å². The molecule has 4 amide bonds. The zero-order valence-electron chi connectivity index (χ0n) is 37.6. The van der Waals surface area contributed by atoms with Crippen LogP contribution in [0, 0.1) is 0 Å². The molecular weight excluding hydrogens is 1000 g/mol. The van der Waals surface area contributed by atoms with E-state index in [9.17, 15) is 24.0 Å². The molecule has 0 aliphatic carbocycles. The molecule has 11 nitrogen and oxygen atoms in total. The quantitative estimate of drug-likeness (QED) is 0.0801. The second-order valence-electron chi connectivity index (χ2n) is 18.0. The van der Waals surface area contributed by atoms with Gasteiger partial charge in [0.25, 0.3) is 23.6 Å².